The average molecular weight is 260 g/mol. The van der Waals surface area contributed by atoms with Gasteiger partial charge in [-0.05, 0) is 39.2 Å². The minimum Gasteiger partial charge on any atom is -0.390 e. The van der Waals surface area contributed by atoms with E-state index in [-0.39, 0.29) is 12.0 Å². The topological polar surface area (TPSA) is 29.5 Å². The lowest BCUT2D eigenvalue weighted by atomic mass is 9.76. The van der Waals surface area contributed by atoms with Crippen molar-refractivity contribution in [3.63, 3.8) is 0 Å². The van der Waals surface area contributed by atoms with Crippen molar-refractivity contribution in [2.75, 3.05) is 6.61 Å². The summed E-state index contributed by atoms with van der Waals surface area (Å²) in [7, 11) is 0. The summed E-state index contributed by atoms with van der Waals surface area (Å²) < 4.78 is 5.67. The zero-order valence-electron chi connectivity index (χ0n) is 12.1. The molecule has 0 radical (unpaired) electrons. The highest BCUT2D eigenvalue weighted by molar-refractivity contribution is 5.21. The first-order chi connectivity index (χ1) is 9.00. The fourth-order valence-electron chi connectivity index (χ4n) is 2.60. The molecule has 19 heavy (non-hydrogen) atoms. The smallest absolute Gasteiger partial charge is 0.0902 e. The van der Waals surface area contributed by atoms with E-state index in [1.807, 2.05) is 25.1 Å². The van der Waals surface area contributed by atoms with Crippen LogP contribution in [-0.4, -0.2) is 17.3 Å². The third kappa shape index (κ3) is 3.46. The molecule has 2 nitrogen and oxygen atoms in total. The van der Waals surface area contributed by atoms with Gasteiger partial charge in [0.2, 0.25) is 0 Å². The Labute approximate surface area is 116 Å². The zero-order chi connectivity index (χ0) is 13.9. The van der Waals surface area contributed by atoms with Crippen LogP contribution in [-0.2, 0) is 4.74 Å². The van der Waals surface area contributed by atoms with Crippen LogP contribution in [0.1, 0.15) is 45.3 Å². The Bertz CT molecular complexity index is 430. The largest absolute Gasteiger partial charge is 0.390 e. The van der Waals surface area contributed by atoms with E-state index in [1.54, 1.807) is 0 Å². The average Bonchev–Trinajstić information content (AvgIpc) is 2.27. The van der Waals surface area contributed by atoms with Crippen LogP contribution in [0, 0.1) is 5.92 Å². The fourth-order valence-corrected chi connectivity index (χ4v) is 2.60. The van der Waals surface area contributed by atoms with E-state index < -0.39 is 5.60 Å². The first kappa shape index (κ1) is 14.3. The lowest BCUT2D eigenvalue weighted by molar-refractivity contribution is -0.198. The van der Waals surface area contributed by atoms with Crippen molar-refractivity contribution < 1.29 is 9.84 Å². The molecule has 0 saturated carbocycles. The third-order valence-electron chi connectivity index (χ3n) is 3.95. The molecule has 1 unspecified atom stereocenters. The third-order valence-corrected chi connectivity index (χ3v) is 3.95. The van der Waals surface area contributed by atoms with Crippen molar-refractivity contribution in [2.24, 2.45) is 5.92 Å². The molecular formula is C17H24O2. The predicted octanol–water partition coefficient (Wildman–Crippen LogP) is 3.87. The van der Waals surface area contributed by atoms with Crippen molar-refractivity contribution in [1.82, 2.24) is 0 Å². The lowest BCUT2D eigenvalue weighted by Crippen LogP contribution is -2.48. The molecule has 3 atom stereocenters. The van der Waals surface area contributed by atoms with Crippen molar-refractivity contribution in [3.8, 4) is 0 Å². The highest BCUT2D eigenvalue weighted by Gasteiger charge is 2.45. The molecule has 1 saturated heterocycles. The summed E-state index contributed by atoms with van der Waals surface area (Å²) in [5.41, 5.74) is 1.81. The second kappa shape index (κ2) is 5.89. The van der Waals surface area contributed by atoms with Crippen LogP contribution in [0.4, 0.5) is 0 Å². The Balaban J connectivity index is 1.99. The number of hydrogen-bond donors (Lipinski definition) is 1. The maximum atomic E-state index is 10.7. The second-order valence-corrected chi connectivity index (χ2v) is 5.95. The SMILES string of the molecule is CC(C)=CCCC(C)(O)[C@@H]1CO[C@@H]1c1ccccc1. The van der Waals surface area contributed by atoms with Gasteiger partial charge in [0.25, 0.3) is 0 Å². The summed E-state index contributed by atoms with van der Waals surface area (Å²) in [5.74, 6) is 0.195. The molecule has 1 aliphatic rings. The summed E-state index contributed by atoms with van der Waals surface area (Å²) in [4.78, 5) is 0. The number of rotatable bonds is 5. The zero-order valence-corrected chi connectivity index (χ0v) is 12.1. The first-order valence-electron chi connectivity index (χ1n) is 7.03. The summed E-state index contributed by atoms with van der Waals surface area (Å²) in [6.45, 7) is 6.78. The first-order valence-corrected chi connectivity index (χ1v) is 7.03. The number of aliphatic hydroxyl groups is 1. The summed E-state index contributed by atoms with van der Waals surface area (Å²) >= 11 is 0. The molecule has 0 amide bonds. The Morgan fingerprint density at radius 3 is 2.58 bits per heavy atom. The molecule has 0 aliphatic carbocycles. The molecule has 1 heterocycles. The molecule has 1 fully saturated rings. The Morgan fingerprint density at radius 1 is 1.37 bits per heavy atom. The maximum Gasteiger partial charge on any atom is 0.0902 e. The van der Waals surface area contributed by atoms with Gasteiger partial charge in [-0.1, -0.05) is 42.0 Å². The Kier molecular flexibility index (Phi) is 4.43. The second-order valence-electron chi connectivity index (χ2n) is 5.95. The van der Waals surface area contributed by atoms with Gasteiger partial charge in [0, 0.05) is 5.92 Å². The summed E-state index contributed by atoms with van der Waals surface area (Å²) in [5, 5.41) is 10.7. The monoisotopic (exact) mass is 260 g/mol. The molecule has 1 aromatic carbocycles. The fraction of sp³-hybridized carbons (Fsp3) is 0.529. The molecule has 104 valence electrons. The number of benzene rings is 1. The Morgan fingerprint density at radius 2 is 2.05 bits per heavy atom. The van der Waals surface area contributed by atoms with Gasteiger partial charge in [-0.15, -0.1) is 0 Å². The molecule has 1 aliphatic heterocycles. The minimum absolute atomic E-state index is 0.0444. The number of hydrogen-bond acceptors (Lipinski definition) is 2. The van der Waals surface area contributed by atoms with Crippen molar-refractivity contribution >= 4 is 0 Å². The molecular weight excluding hydrogens is 236 g/mol. The molecule has 1 N–H and O–H groups in total. The quantitative estimate of drug-likeness (QED) is 0.814. The Hall–Kier alpha value is -1.12. The van der Waals surface area contributed by atoms with Crippen molar-refractivity contribution in [1.29, 1.82) is 0 Å². The normalized spacial score (nSPS) is 25.3. The van der Waals surface area contributed by atoms with E-state index in [1.165, 1.54) is 11.1 Å². The van der Waals surface area contributed by atoms with Gasteiger partial charge in [-0.2, -0.15) is 0 Å². The van der Waals surface area contributed by atoms with E-state index in [4.69, 9.17) is 4.74 Å². The van der Waals surface area contributed by atoms with Gasteiger partial charge in [0.05, 0.1) is 18.3 Å². The van der Waals surface area contributed by atoms with Crippen LogP contribution in [0.15, 0.2) is 42.0 Å². The molecule has 0 aromatic heterocycles. The van der Waals surface area contributed by atoms with Gasteiger partial charge in [0.15, 0.2) is 0 Å². The van der Waals surface area contributed by atoms with Crippen molar-refractivity contribution in [3.05, 3.63) is 47.5 Å². The van der Waals surface area contributed by atoms with E-state index >= 15 is 0 Å². The van der Waals surface area contributed by atoms with Crippen LogP contribution in [0.5, 0.6) is 0 Å². The highest BCUT2D eigenvalue weighted by atomic mass is 16.5. The van der Waals surface area contributed by atoms with Gasteiger partial charge in [0.1, 0.15) is 0 Å². The summed E-state index contributed by atoms with van der Waals surface area (Å²) in [6.07, 6.45) is 3.94. The lowest BCUT2D eigenvalue weighted by Gasteiger charge is -2.45. The van der Waals surface area contributed by atoms with Crippen molar-refractivity contribution in [2.45, 2.75) is 45.3 Å². The van der Waals surface area contributed by atoms with Crippen LogP contribution < -0.4 is 0 Å². The summed E-state index contributed by atoms with van der Waals surface area (Å²) in [6, 6.07) is 10.2. The van der Waals surface area contributed by atoms with Gasteiger partial charge >= 0.3 is 0 Å². The number of allylic oxidation sites excluding steroid dienone is 2. The minimum atomic E-state index is -0.662. The predicted molar refractivity (Wildman–Crippen MR) is 77.9 cm³/mol. The van der Waals surface area contributed by atoms with E-state index in [0.29, 0.717) is 6.61 Å². The molecule has 1 aromatic rings. The van der Waals surface area contributed by atoms with Gasteiger partial charge in [-0.3, -0.25) is 0 Å². The number of ether oxygens (including phenoxy) is 1. The van der Waals surface area contributed by atoms with E-state index in [9.17, 15) is 5.11 Å². The van der Waals surface area contributed by atoms with Crippen LogP contribution in [0.25, 0.3) is 0 Å². The van der Waals surface area contributed by atoms with Gasteiger partial charge in [-0.25, -0.2) is 0 Å². The molecule has 2 rings (SSSR count). The van der Waals surface area contributed by atoms with Crippen LogP contribution >= 0.6 is 0 Å². The van der Waals surface area contributed by atoms with Gasteiger partial charge < -0.3 is 9.84 Å². The molecule has 0 spiro atoms. The highest BCUT2D eigenvalue weighted by Crippen LogP contribution is 2.43. The van der Waals surface area contributed by atoms with E-state index in [2.05, 4.69) is 32.1 Å². The van der Waals surface area contributed by atoms with E-state index in [0.717, 1.165) is 12.8 Å². The molecule has 2 heteroatoms. The van der Waals surface area contributed by atoms with Crippen LogP contribution in [0.2, 0.25) is 0 Å². The standard InChI is InChI=1S/C17H24O2/c1-13(2)8-7-11-17(3,18)15-12-19-16(15)14-9-5-4-6-10-14/h4-6,8-10,15-16,18H,7,11-12H2,1-3H3/t15-,16-,17?/m1/s1. The maximum absolute atomic E-state index is 10.7. The molecule has 0 bridgehead atoms. The van der Waals surface area contributed by atoms with Crippen LogP contribution in [0.3, 0.4) is 0 Å².